The molecule has 0 saturated heterocycles. The molecule has 0 saturated carbocycles. The summed E-state index contributed by atoms with van der Waals surface area (Å²) in [5.74, 6) is 0.896. The number of anilines is 1. The maximum absolute atomic E-state index is 12.2. The summed E-state index contributed by atoms with van der Waals surface area (Å²) >= 11 is 6.13. The Labute approximate surface area is 156 Å². The van der Waals surface area contributed by atoms with E-state index < -0.39 is 0 Å². The molecule has 0 radical (unpaired) electrons. The minimum Gasteiger partial charge on any atom is -0.334 e. The first-order valence-corrected chi connectivity index (χ1v) is 8.57. The molecule has 7 heteroatoms. The van der Waals surface area contributed by atoms with Crippen molar-refractivity contribution in [3.8, 4) is 11.5 Å². The highest BCUT2D eigenvalue weighted by Crippen LogP contribution is 2.25. The van der Waals surface area contributed by atoms with Crippen molar-refractivity contribution in [3.63, 3.8) is 0 Å². The van der Waals surface area contributed by atoms with Gasteiger partial charge in [0.2, 0.25) is 0 Å². The zero-order chi connectivity index (χ0) is 18.5. The van der Waals surface area contributed by atoms with Crippen molar-refractivity contribution in [2.75, 3.05) is 18.9 Å². The van der Waals surface area contributed by atoms with E-state index in [9.17, 15) is 4.79 Å². The van der Waals surface area contributed by atoms with E-state index in [1.54, 1.807) is 18.0 Å². The van der Waals surface area contributed by atoms with Crippen molar-refractivity contribution in [1.82, 2.24) is 15.0 Å². The van der Waals surface area contributed by atoms with Crippen LogP contribution >= 0.6 is 11.6 Å². The molecule has 3 rings (SSSR count). The molecule has 0 fully saturated rings. The molecule has 2 amide bonds. The lowest BCUT2D eigenvalue weighted by Crippen LogP contribution is -2.33. The molecule has 1 aromatic heterocycles. The van der Waals surface area contributed by atoms with E-state index in [1.807, 2.05) is 49.4 Å². The molecule has 0 spiro atoms. The average molecular weight is 371 g/mol. The Morgan fingerprint density at radius 3 is 2.65 bits per heavy atom. The van der Waals surface area contributed by atoms with Crippen molar-refractivity contribution in [2.45, 2.75) is 13.3 Å². The number of amides is 2. The maximum atomic E-state index is 12.2. The number of urea groups is 1. The summed E-state index contributed by atoms with van der Waals surface area (Å²) in [4.78, 5) is 18.1. The van der Waals surface area contributed by atoms with E-state index in [2.05, 4.69) is 15.5 Å². The fraction of sp³-hybridized carbons (Fsp3) is 0.211. The Kier molecular flexibility index (Phi) is 5.53. The molecule has 0 atom stereocenters. The van der Waals surface area contributed by atoms with Gasteiger partial charge in [0.25, 0.3) is 5.89 Å². The highest BCUT2D eigenvalue weighted by Gasteiger charge is 2.14. The van der Waals surface area contributed by atoms with Gasteiger partial charge in [0.1, 0.15) is 0 Å². The van der Waals surface area contributed by atoms with E-state index >= 15 is 0 Å². The molecule has 134 valence electrons. The first-order chi connectivity index (χ1) is 12.5. The maximum Gasteiger partial charge on any atom is 0.321 e. The summed E-state index contributed by atoms with van der Waals surface area (Å²) in [5.41, 5.74) is 2.59. The van der Waals surface area contributed by atoms with E-state index in [1.165, 1.54) is 0 Å². The number of aryl methyl sites for hydroxylation is 1. The van der Waals surface area contributed by atoms with Crippen LogP contribution in [-0.2, 0) is 6.42 Å². The third-order valence-corrected chi connectivity index (χ3v) is 4.22. The third-order valence-electron chi connectivity index (χ3n) is 3.89. The standard InChI is InChI=1S/C19H19ClN4O2/c1-13-7-9-14(10-8-13)21-19(25)24(2)12-11-17-22-18(26-23-17)15-5-3-4-6-16(15)20/h3-10H,11-12H2,1-2H3,(H,21,25). The Morgan fingerprint density at radius 2 is 1.92 bits per heavy atom. The zero-order valence-electron chi connectivity index (χ0n) is 14.6. The number of benzene rings is 2. The molecule has 0 aliphatic carbocycles. The van der Waals surface area contributed by atoms with Crippen LogP contribution in [0.25, 0.3) is 11.5 Å². The summed E-state index contributed by atoms with van der Waals surface area (Å²) in [5, 5.41) is 7.36. The molecule has 0 aliphatic rings. The second kappa shape index (κ2) is 8.01. The summed E-state index contributed by atoms with van der Waals surface area (Å²) in [6, 6.07) is 14.7. The van der Waals surface area contributed by atoms with Gasteiger partial charge < -0.3 is 14.7 Å². The van der Waals surface area contributed by atoms with Crippen LogP contribution in [0.3, 0.4) is 0 Å². The molecule has 0 unspecified atom stereocenters. The number of carbonyl (C=O) groups excluding carboxylic acids is 1. The summed E-state index contributed by atoms with van der Waals surface area (Å²) in [7, 11) is 1.72. The molecule has 6 nitrogen and oxygen atoms in total. The number of nitrogens with one attached hydrogen (secondary N) is 1. The molecule has 1 N–H and O–H groups in total. The smallest absolute Gasteiger partial charge is 0.321 e. The second-order valence-corrected chi connectivity index (χ2v) is 6.37. The van der Waals surface area contributed by atoms with Gasteiger partial charge in [0.05, 0.1) is 10.6 Å². The third kappa shape index (κ3) is 4.40. The van der Waals surface area contributed by atoms with Crippen LogP contribution in [0, 0.1) is 6.92 Å². The Bertz CT molecular complexity index is 893. The van der Waals surface area contributed by atoms with Gasteiger partial charge in [-0.15, -0.1) is 0 Å². The van der Waals surface area contributed by atoms with E-state index in [0.717, 1.165) is 11.3 Å². The minimum atomic E-state index is -0.191. The molecule has 2 aromatic carbocycles. The molecular weight excluding hydrogens is 352 g/mol. The van der Waals surface area contributed by atoms with E-state index in [0.29, 0.717) is 35.3 Å². The van der Waals surface area contributed by atoms with Crippen LogP contribution in [-0.4, -0.2) is 34.7 Å². The van der Waals surface area contributed by atoms with Gasteiger partial charge in [0.15, 0.2) is 5.82 Å². The van der Waals surface area contributed by atoms with E-state index in [-0.39, 0.29) is 6.03 Å². The largest absolute Gasteiger partial charge is 0.334 e. The lowest BCUT2D eigenvalue weighted by atomic mass is 10.2. The number of halogens is 1. The fourth-order valence-electron chi connectivity index (χ4n) is 2.32. The van der Waals surface area contributed by atoms with Crippen LogP contribution in [0.4, 0.5) is 10.5 Å². The Morgan fingerprint density at radius 1 is 1.19 bits per heavy atom. The first kappa shape index (κ1) is 17.9. The van der Waals surface area contributed by atoms with Crippen LogP contribution in [0.1, 0.15) is 11.4 Å². The average Bonchev–Trinajstić information content (AvgIpc) is 3.10. The van der Waals surface area contributed by atoms with Gasteiger partial charge >= 0.3 is 6.03 Å². The van der Waals surface area contributed by atoms with Crippen molar-refractivity contribution in [1.29, 1.82) is 0 Å². The molecule has 0 bridgehead atoms. The topological polar surface area (TPSA) is 71.3 Å². The molecular formula is C19H19ClN4O2. The monoisotopic (exact) mass is 370 g/mol. The van der Waals surface area contributed by atoms with Gasteiger partial charge in [-0.05, 0) is 31.2 Å². The Balaban J connectivity index is 1.56. The minimum absolute atomic E-state index is 0.191. The number of hydrogen-bond acceptors (Lipinski definition) is 4. The lowest BCUT2D eigenvalue weighted by Gasteiger charge is -2.17. The van der Waals surface area contributed by atoms with Crippen LogP contribution in [0.2, 0.25) is 5.02 Å². The normalized spacial score (nSPS) is 10.6. The van der Waals surface area contributed by atoms with E-state index in [4.69, 9.17) is 16.1 Å². The van der Waals surface area contributed by atoms with Crippen LogP contribution in [0.5, 0.6) is 0 Å². The summed E-state index contributed by atoms with van der Waals surface area (Å²) in [6.45, 7) is 2.46. The summed E-state index contributed by atoms with van der Waals surface area (Å²) < 4.78 is 5.27. The number of aromatic nitrogens is 2. The molecule has 26 heavy (non-hydrogen) atoms. The number of rotatable bonds is 5. The highest BCUT2D eigenvalue weighted by atomic mass is 35.5. The van der Waals surface area contributed by atoms with Crippen molar-refractivity contribution >= 4 is 23.3 Å². The van der Waals surface area contributed by atoms with Gasteiger partial charge in [-0.1, -0.05) is 46.6 Å². The quantitative estimate of drug-likeness (QED) is 0.722. The first-order valence-electron chi connectivity index (χ1n) is 8.19. The SMILES string of the molecule is Cc1ccc(NC(=O)N(C)CCc2noc(-c3ccccc3Cl)n2)cc1. The van der Waals surface area contributed by atoms with Crippen LogP contribution < -0.4 is 5.32 Å². The number of hydrogen-bond donors (Lipinski definition) is 1. The number of nitrogens with zero attached hydrogens (tertiary/aromatic N) is 3. The molecule has 1 heterocycles. The van der Waals surface area contributed by atoms with Gasteiger partial charge in [0, 0.05) is 25.7 Å². The van der Waals surface area contributed by atoms with Gasteiger partial charge in [-0.3, -0.25) is 0 Å². The lowest BCUT2D eigenvalue weighted by molar-refractivity contribution is 0.222. The molecule has 0 aliphatic heterocycles. The Hall–Kier alpha value is -2.86. The van der Waals surface area contributed by atoms with Crippen molar-refractivity contribution in [3.05, 3.63) is 64.9 Å². The second-order valence-electron chi connectivity index (χ2n) is 5.96. The molecule has 3 aromatic rings. The summed E-state index contributed by atoms with van der Waals surface area (Å²) in [6.07, 6.45) is 0.478. The fourth-order valence-corrected chi connectivity index (χ4v) is 2.54. The number of likely N-dealkylation sites (N-methyl/N-ethyl adjacent to an activating group) is 1. The van der Waals surface area contributed by atoms with Gasteiger partial charge in [-0.2, -0.15) is 4.98 Å². The highest BCUT2D eigenvalue weighted by molar-refractivity contribution is 6.33. The predicted molar refractivity (Wildman–Crippen MR) is 101 cm³/mol. The number of carbonyl (C=O) groups is 1. The van der Waals surface area contributed by atoms with Crippen molar-refractivity contribution in [2.24, 2.45) is 0 Å². The van der Waals surface area contributed by atoms with Gasteiger partial charge in [-0.25, -0.2) is 4.79 Å². The van der Waals surface area contributed by atoms with Crippen LogP contribution in [0.15, 0.2) is 53.1 Å². The predicted octanol–water partition coefficient (Wildman–Crippen LogP) is 4.40. The van der Waals surface area contributed by atoms with Crippen molar-refractivity contribution < 1.29 is 9.32 Å². The zero-order valence-corrected chi connectivity index (χ0v) is 15.3.